The largest absolute Gasteiger partial charge is 0.384 e. The molecule has 3 nitrogen and oxygen atoms in total. The predicted octanol–water partition coefficient (Wildman–Crippen LogP) is 3.42. The van der Waals surface area contributed by atoms with Gasteiger partial charge in [0.1, 0.15) is 0 Å². The van der Waals surface area contributed by atoms with Crippen LogP contribution in [0.1, 0.15) is 33.1 Å². The van der Waals surface area contributed by atoms with Crippen LogP contribution in [0.15, 0.2) is 18.2 Å². The zero-order valence-corrected chi connectivity index (χ0v) is 12.1. The molecule has 0 unspecified atom stereocenters. The van der Waals surface area contributed by atoms with Gasteiger partial charge in [0.2, 0.25) is 5.91 Å². The van der Waals surface area contributed by atoms with Crippen LogP contribution in [0.2, 0.25) is 0 Å². The Kier molecular flexibility index (Phi) is 6.98. The van der Waals surface area contributed by atoms with Crippen LogP contribution < -0.4 is 5.32 Å². The Balaban J connectivity index is 2.42. The Morgan fingerprint density at radius 1 is 1.15 bits per heavy atom. The number of halogens is 2. The maximum absolute atomic E-state index is 13.0. The van der Waals surface area contributed by atoms with E-state index >= 15 is 0 Å². The van der Waals surface area contributed by atoms with Gasteiger partial charge < -0.3 is 10.2 Å². The van der Waals surface area contributed by atoms with E-state index in [0.29, 0.717) is 18.7 Å². The first kappa shape index (κ1) is 16.4. The fourth-order valence-corrected chi connectivity index (χ4v) is 1.98. The Morgan fingerprint density at radius 2 is 1.80 bits per heavy atom. The minimum Gasteiger partial charge on any atom is -0.384 e. The van der Waals surface area contributed by atoms with Gasteiger partial charge in [0.05, 0.1) is 0 Å². The summed E-state index contributed by atoms with van der Waals surface area (Å²) in [5, 5.41) is 2.93. The highest BCUT2D eigenvalue weighted by molar-refractivity contribution is 5.76. The van der Waals surface area contributed by atoms with Gasteiger partial charge >= 0.3 is 0 Å². The van der Waals surface area contributed by atoms with Crippen LogP contribution in [0.4, 0.5) is 14.5 Å². The number of carbonyl (C=O) groups excluding carboxylic acids is 1. The second-order valence-electron chi connectivity index (χ2n) is 4.69. The van der Waals surface area contributed by atoms with E-state index in [1.165, 1.54) is 6.07 Å². The van der Waals surface area contributed by atoms with Gasteiger partial charge in [-0.3, -0.25) is 4.79 Å². The number of nitrogens with zero attached hydrogens (tertiary/aromatic N) is 1. The molecule has 0 aromatic heterocycles. The third-order valence-electron chi connectivity index (χ3n) is 2.93. The lowest BCUT2D eigenvalue weighted by Gasteiger charge is -2.21. The smallest absolute Gasteiger partial charge is 0.224 e. The van der Waals surface area contributed by atoms with Crippen LogP contribution in [0.5, 0.6) is 0 Å². The van der Waals surface area contributed by atoms with Gasteiger partial charge in [0.15, 0.2) is 11.6 Å². The number of hydrogen-bond donors (Lipinski definition) is 1. The zero-order valence-electron chi connectivity index (χ0n) is 12.1. The predicted molar refractivity (Wildman–Crippen MR) is 76.6 cm³/mol. The van der Waals surface area contributed by atoms with E-state index in [1.807, 2.05) is 18.7 Å². The van der Waals surface area contributed by atoms with E-state index in [1.54, 1.807) is 0 Å². The van der Waals surface area contributed by atoms with E-state index < -0.39 is 11.6 Å². The van der Waals surface area contributed by atoms with E-state index in [0.717, 1.165) is 38.1 Å². The lowest BCUT2D eigenvalue weighted by Crippen LogP contribution is -2.33. The van der Waals surface area contributed by atoms with Gasteiger partial charge in [0.25, 0.3) is 0 Å². The average molecular weight is 284 g/mol. The second-order valence-corrected chi connectivity index (χ2v) is 4.69. The standard InChI is InChI=1S/C15H22F2N2O/c1-3-9-19(10-4-2)15(20)7-8-18-12-5-6-13(16)14(17)11-12/h5-6,11,18H,3-4,7-10H2,1-2H3. The molecule has 0 atom stereocenters. The van der Waals surface area contributed by atoms with Crippen molar-refractivity contribution in [1.29, 1.82) is 0 Å². The van der Waals surface area contributed by atoms with E-state index in [-0.39, 0.29) is 5.91 Å². The van der Waals surface area contributed by atoms with Crippen LogP contribution in [0.25, 0.3) is 0 Å². The van der Waals surface area contributed by atoms with Crippen LogP contribution in [0, 0.1) is 11.6 Å². The number of rotatable bonds is 8. The van der Waals surface area contributed by atoms with Gasteiger partial charge in [-0.25, -0.2) is 8.78 Å². The quantitative estimate of drug-likeness (QED) is 0.793. The molecule has 0 saturated carbocycles. The molecule has 0 radical (unpaired) electrons. The second kappa shape index (κ2) is 8.51. The van der Waals surface area contributed by atoms with E-state index in [9.17, 15) is 13.6 Å². The van der Waals surface area contributed by atoms with Crippen molar-refractivity contribution in [3.8, 4) is 0 Å². The number of benzene rings is 1. The molecule has 112 valence electrons. The highest BCUT2D eigenvalue weighted by Gasteiger charge is 2.11. The lowest BCUT2D eigenvalue weighted by molar-refractivity contribution is -0.131. The first-order valence-electron chi connectivity index (χ1n) is 7.05. The summed E-state index contributed by atoms with van der Waals surface area (Å²) in [4.78, 5) is 13.8. The minimum atomic E-state index is -0.889. The summed E-state index contributed by atoms with van der Waals surface area (Å²) in [6, 6.07) is 3.62. The summed E-state index contributed by atoms with van der Waals surface area (Å²) < 4.78 is 25.8. The van der Waals surface area contributed by atoms with Crippen molar-refractivity contribution in [1.82, 2.24) is 4.90 Å². The van der Waals surface area contributed by atoms with Gasteiger partial charge in [0, 0.05) is 31.7 Å². The van der Waals surface area contributed by atoms with Crippen LogP contribution in [-0.2, 0) is 4.79 Å². The molecule has 5 heteroatoms. The summed E-state index contributed by atoms with van der Waals surface area (Å²) in [6.07, 6.45) is 2.21. The molecule has 0 heterocycles. The normalized spacial score (nSPS) is 10.4. The van der Waals surface area contributed by atoms with Gasteiger partial charge in [-0.1, -0.05) is 13.8 Å². The lowest BCUT2D eigenvalue weighted by atomic mass is 10.2. The molecule has 0 aliphatic heterocycles. The maximum atomic E-state index is 13.0. The van der Waals surface area contributed by atoms with E-state index in [2.05, 4.69) is 5.32 Å². The third-order valence-corrected chi connectivity index (χ3v) is 2.93. The Bertz CT molecular complexity index is 432. The molecule has 0 spiro atoms. The molecule has 0 fully saturated rings. The molecule has 1 amide bonds. The topological polar surface area (TPSA) is 32.3 Å². The van der Waals surface area contributed by atoms with Crippen molar-refractivity contribution >= 4 is 11.6 Å². The Labute approximate surface area is 119 Å². The molecule has 1 rings (SSSR count). The fourth-order valence-electron chi connectivity index (χ4n) is 1.98. The molecular weight excluding hydrogens is 262 g/mol. The average Bonchev–Trinajstić information content (AvgIpc) is 2.42. The first-order valence-corrected chi connectivity index (χ1v) is 7.05. The molecule has 20 heavy (non-hydrogen) atoms. The summed E-state index contributed by atoms with van der Waals surface area (Å²) in [5.41, 5.74) is 0.481. The van der Waals surface area contributed by atoms with Gasteiger partial charge in [-0.15, -0.1) is 0 Å². The molecule has 0 aliphatic rings. The molecular formula is C15H22F2N2O. The van der Waals surface area contributed by atoms with Gasteiger partial charge in [-0.2, -0.15) is 0 Å². The van der Waals surface area contributed by atoms with Crippen molar-refractivity contribution in [2.75, 3.05) is 25.0 Å². The molecule has 0 aliphatic carbocycles. The van der Waals surface area contributed by atoms with Crippen molar-refractivity contribution in [2.45, 2.75) is 33.1 Å². The van der Waals surface area contributed by atoms with Crippen LogP contribution in [-0.4, -0.2) is 30.4 Å². The highest BCUT2D eigenvalue weighted by atomic mass is 19.2. The number of carbonyl (C=O) groups is 1. The maximum Gasteiger partial charge on any atom is 0.224 e. The summed E-state index contributed by atoms with van der Waals surface area (Å²) in [6.45, 7) is 6.01. The molecule has 0 bridgehead atoms. The highest BCUT2D eigenvalue weighted by Crippen LogP contribution is 2.13. The molecule has 0 saturated heterocycles. The van der Waals surface area contributed by atoms with Crippen molar-refractivity contribution in [3.63, 3.8) is 0 Å². The summed E-state index contributed by atoms with van der Waals surface area (Å²) in [5.74, 6) is -1.67. The molecule has 1 aromatic carbocycles. The molecule has 1 N–H and O–H groups in total. The monoisotopic (exact) mass is 284 g/mol. The number of nitrogens with one attached hydrogen (secondary N) is 1. The van der Waals surface area contributed by atoms with Crippen LogP contribution >= 0.6 is 0 Å². The number of anilines is 1. The number of hydrogen-bond acceptors (Lipinski definition) is 2. The molecule has 1 aromatic rings. The third kappa shape index (κ3) is 5.15. The van der Waals surface area contributed by atoms with E-state index in [4.69, 9.17) is 0 Å². The zero-order chi connectivity index (χ0) is 15.0. The number of amides is 1. The summed E-state index contributed by atoms with van der Waals surface area (Å²) in [7, 11) is 0. The van der Waals surface area contributed by atoms with Crippen molar-refractivity contribution in [3.05, 3.63) is 29.8 Å². The SMILES string of the molecule is CCCN(CCC)C(=O)CCNc1ccc(F)c(F)c1. The van der Waals surface area contributed by atoms with Crippen LogP contribution in [0.3, 0.4) is 0 Å². The first-order chi connectivity index (χ1) is 9.58. The van der Waals surface area contributed by atoms with Crippen molar-refractivity contribution < 1.29 is 13.6 Å². The van der Waals surface area contributed by atoms with Crippen molar-refractivity contribution in [2.24, 2.45) is 0 Å². The Morgan fingerprint density at radius 3 is 2.35 bits per heavy atom. The Hall–Kier alpha value is -1.65. The summed E-state index contributed by atoms with van der Waals surface area (Å²) >= 11 is 0. The fraction of sp³-hybridized carbons (Fsp3) is 0.533. The minimum absolute atomic E-state index is 0.0868. The van der Waals surface area contributed by atoms with Gasteiger partial charge in [-0.05, 0) is 31.0 Å².